The Bertz CT molecular complexity index is 861. The molecule has 2 amide bonds. The number of carbonyl (C=O) groups excluding carboxylic acids is 1. The Morgan fingerprint density at radius 2 is 1.96 bits per heavy atom. The molecule has 0 aliphatic rings. The third-order valence-electron chi connectivity index (χ3n) is 3.99. The smallest absolute Gasteiger partial charge is 0.317 e. The molecule has 0 unspecified atom stereocenters. The van der Waals surface area contributed by atoms with Crippen LogP contribution in [-0.4, -0.2) is 34.5 Å². The molecule has 3 aromatic rings. The van der Waals surface area contributed by atoms with Crippen LogP contribution in [0.5, 0.6) is 0 Å². The second-order valence-corrected chi connectivity index (χ2v) is 9.35. The highest BCUT2D eigenvalue weighted by Gasteiger charge is 2.17. The quantitative estimate of drug-likeness (QED) is 0.703. The van der Waals surface area contributed by atoms with Gasteiger partial charge in [-0.1, -0.05) is 32.9 Å². The Balaban J connectivity index is 1.49. The second kappa shape index (κ2) is 7.72. The van der Waals surface area contributed by atoms with Crippen LogP contribution in [0.25, 0.3) is 10.2 Å². The number of para-hydroxylation sites is 1. The van der Waals surface area contributed by atoms with E-state index in [-0.39, 0.29) is 11.4 Å². The highest BCUT2D eigenvalue weighted by molar-refractivity contribution is 7.18. The Morgan fingerprint density at radius 3 is 2.65 bits per heavy atom. The zero-order chi connectivity index (χ0) is 18.7. The molecule has 0 bridgehead atoms. The molecule has 0 saturated carbocycles. The number of nitrogens with one attached hydrogen (secondary N) is 1. The number of nitrogens with zero attached hydrogens (tertiary/aromatic N) is 3. The van der Waals surface area contributed by atoms with Crippen molar-refractivity contribution in [2.24, 2.45) is 0 Å². The van der Waals surface area contributed by atoms with E-state index < -0.39 is 0 Å². The summed E-state index contributed by atoms with van der Waals surface area (Å²) in [4.78, 5) is 23.2. The first-order valence-corrected chi connectivity index (χ1v) is 10.3. The number of benzene rings is 1. The molecule has 1 aromatic carbocycles. The lowest BCUT2D eigenvalue weighted by molar-refractivity contribution is 0.207. The summed E-state index contributed by atoms with van der Waals surface area (Å²) in [5.41, 5.74) is 2.16. The van der Waals surface area contributed by atoms with Crippen LogP contribution in [0.2, 0.25) is 0 Å². The number of amides is 2. The van der Waals surface area contributed by atoms with E-state index in [4.69, 9.17) is 0 Å². The zero-order valence-electron chi connectivity index (χ0n) is 15.6. The SMILES string of the molecule is CN(Cc1nc2ccccc2s1)C(=O)NCCc1nc(C(C)(C)C)cs1. The largest absolute Gasteiger partial charge is 0.338 e. The van der Waals surface area contributed by atoms with Gasteiger partial charge in [-0.2, -0.15) is 0 Å². The fourth-order valence-electron chi connectivity index (χ4n) is 2.44. The molecule has 5 nitrogen and oxygen atoms in total. The number of carbonyl (C=O) groups is 1. The molecule has 26 heavy (non-hydrogen) atoms. The summed E-state index contributed by atoms with van der Waals surface area (Å²) in [6, 6.07) is 7.94. The fourth-order valence-corrected chi connectivity index (χ4v) is 4.49. The van der Waals surface area contributed by atoms with Gasteiger partial charge >= 0.3 is 6.03 Å². The van der Waals surface area contributed by atoms with Gasteiger partial charge in [-0.25, -0.2) is 14.8 Å². The van der Waals surface area contributed by atoms with Crippen LogP contribution >= 0.6 is 22.7 Å². The number of rotatable bonds is 5. The Kier molecular flexibility index (Phi) is 5.58. The van der Waals surface area contributed by atoms with Crippen molar-refractivity contribution in [1.82, 2.24) is 20.2 Å². The average Bonchev–Trinajstić information content (AvgIpc) is 3.20. The lowest BCUT2D eigenvalue weighted by atomic mass is 9.93. The van der Waals surface area contributed by atoms with Gasteiger partial charge in [0.1, 0.15) is 5.01 Å². The van der Waals surface area contributed by atoms with Gasteiger partial charge in [0, 0.05) is 30.8 Å². The summed E-state index contributed by atoms with van der Waals surface area (Å²) in [5, 5.41) is 7.07. The zero-order valence-corrected chi connectivity index (χ0v) is 17.2. The lowest BCUT2D eigenvalue weighted by Gasteiger charge is -2.16. The third-order valence-corrected chi connectivity index (χ3v) is 5.92. The van der Waals surface area contributed by atoms with Gasteiger partial charge in [-0.15, -0.1) is 22.7 Å². The Morgan fingerprint density at radius 1 is 1.19 bits per heavy atom. The molecule has 0 atom stereocenters. The summed E-state index contributed by atoms with van der Waals surface area (Å²) in [5.74, 6) is 0. The predicted octanol–water partition coefficient (Wildman–Crippen LogP) is 4.43. The van der Waals surface area contributed by atoms with Crippen LogP contribution in [0.1, 0.15) is 36.5 Å². The van der Waals surface area contributed by atoms with Crippen LogP contribution in [-0.2, 0) is 18.4 Å². The molecule has 0 aliphatic heterocycles. The molecule has 0 fully saturated rings. The number of fused-ring (bicyclic) bond motifs is 1. The standard InChI is InChI=1S/C19H24N4OS2/c1-19(2,3)15-12-25-16(22-15)9-10-20-18(24)23(4)11-17-21-13-7-5-6-8-14(13)26-17/h5-8,12H,9-11H2,1-4H3,(H,20,24). The first-order valence-electron chi connectivity index (χ1n) is 8.61. The highest BCUT2D eigenvalue weighted by atomic mass is 32.1. The lowest BCUT2D eigenvalue weighted by Crippen LogP contribution is -2.37. The molecule has 2 aromatic heterocycles. The summed E-state index contributed by atoms with van der Waals surface area (Å²) in [6.45, 7) is 7.57. The van der Waals surface area contributed by atoms with E-state index in [1.165, 1.54) is 0 Å². The van der Waals surface area contributed by atoms with E-state index in [0.717, 1.165) is 32.3 Å². The van der Waals surface area contributed by atoms with Gasteiger partial charge in [-0.05, 0) is 12.1 Å². The molecule has 0 radical (unpaired) electrons. The monoisotopic (exact) mass is 388 g/mol. The van der Waals surface area contributed by atoms with Crippen LogP contribution in [0.15, 0.2) is 29.6 Å². The van der Waals surface area contributed by atoms with Gasteiger partial charge in [0.15, 0.2) is 0 Å². The summed E-state index contributed by atoms with van der Waals surface area (Å²) in [7, 11) is 1.79. The average molecular weight is 389 g/mol. The van der Waals surface area contributed by atoms with Gasteiger partial charge in [0.05, 0.1) is 27.5 Å². The molecule has 138 valence electrons. The van der Waals surface area contributed by atoms with E-state index in [2.05, 4.69) is 47.5 Å². The predicted molar refractivity (Wildman–Crippen MR) is 109 cm³/mol. The van der Waals surface area contributed by atoms with E-state index in [0.29, 0.717) is 13.1 Å². The van der Waals surface area contributed by atoms with E-state index in [1.54, 1.807) is 34.6 Å². The molecule has 1 N–H and O–H groups in total. The van der Waals surface area contributed by atoms with E-state index in [9.17, 15) is 4.79 Å². The maximum absolute atomic E-state index is 12.3. The van der Waals surface area contributed by atoms with Crippen LogP contribution in [0.4, 0.5) is 4.79 Å². The van der Waals surface area contributed by atoms with E-state index in [1.807, 2.05) is 18.2 Å². The topological polar surface area (TPSA) is 58.1 Å². The van der Waals surface area contributed by atoms with Crippen molar-refractivity contribution in [2.45, 2.75) is 39.2 Å². The second-order valence-electron chi connectivity index (χ2n) is 7.29. The maximum atomic E-state index is 12.3. The Hall–Kier alpha value is -1.99. The van der Waals surface area contributed by atoms with Crippen molar-refractivity contribution >= 4 is 38.9 Å². The molecular formula is C19H24N4OS2. The van der Waals surface area contributed by atoms with Crippen molar-refractivity contribution in [3.05, 3.63) is 45.4 Å². The van der Waals surface area contributed by atoms with Crippen LogP contribution in [0.3, 0.4) is 0 Å². The molecular weight excluding hydrogens is 364 g/mol. The van der Waals surface area contributed by atoms with Crippen LogP contribution < -0.4 is 5.32 Å². The number of urea groups is 1. The van der Waals surface area contributed by atoms with E-state index >= 15 is 0 Å². The highest BCUT2D eigenvalue weighted by Crippen LogP contribution is 2.24. The minimum absolute atomic E-state index is 0.0649. The molecule has 2 heterocycles. The fraction of sp³-hybridized carbons (Fsp3) is 0.421. The third kappa shape index (κ3) is 4.59. The van der Waals surface area contributed by atoms with Crippen molar-refractivity contribution in [3.8, 4) is 0 Å². The summed E-state index contributed by atoms with van der Waals surface area (Å²) < 4.78 is 1.15. The molecule has 0 aliphatic carbocycles. The van der Waals surface area contributed by atoms with Crippen LogP contribution in [0, 0.1) is 0 Å². The molecule has 3 rings (SSSR count). The maximum Gasteiger partial charge on any atom is 0.317 e. The normalized spacial score (nSPS) is 11.7. The van der Waals surface area contributed by atoms with Gasteiger partial charge in [0.2, 0.25) is 0 Å². The number of aromatic nitrogens is 2. The minimum atomic E-state index is -0.0862. The molecule has 0 spiro atoms. The summed E-state index contributed by atoms with van der Waals surface area (Å²) in [6.07, 6.45) is 0.751. The van der Waals surface area contributed by atoms with Crippen molar-refractivity contribution < 1.29 is 4.79 Å². The van der Waals surface area contributed by atoms with Gasteiger partial charge in [-0.3, -0.25) is 0 Å². The van der Waals surface area contributed by atoms with Crippen molar-refractivity contribution in [1.29, 1.82) is 0 Å². The minimum Gasteiger partial charge on any atom is -0.338 e. The first kappa shape index (κ1) is 18.8. The summed E-state index contributed by atoms with van der Waals surface area (Å²) >= 11 is 3.28. The Labute approximate surface area is 162 Å². The molecule has 0 saturated heterocycles. The number of hydrogen-bond donors (Lipinski definition) is 1. The van der Waals surface area contributed by atoms with Crippen molar-refractivity contribution in [2.75, 3.05) is 13.6 Å². The first-order chi connectivity index (χ1) is 12.3. The number of thiazole rings is 2. The van der Waals surface area contributed by atoms with Gasteiger partial charge in [0.25, 0.3) is 0 Å². The van der Waals surface area contributed by atoms with Crippen molar-refractivity contribution in [3.63, 3.8) is 0 Å². The molecule has 7 heteroatoms. The number of hydrogen-bond acceptors (Lipinski definition) is 5. The van der Waals surface area contributed by atoms with Gasteiger partial charge < -0.3 is 10.2 Å².